The zero-order valence-corrected chi connectivity index (χ0v) is 9.36. The van der Waals surface area contributed by atoms with Gasteiger partial charge in [0.25, 0.3) is 0 Å². The topological polar surface area (TPSA) is 73.9 Å². The van der Waals surface area contributed by atoms with E-state index in [0.717, 1.165) is 0 Å². The zero-order chi connectivity index (χ0) is 12.6. The molecule has 1 aromatic rings. The summed E-state index contributed by atoms with van der Waals surface area (Å²) in [6, 6.07) is 5.22. The lowest BCUT2D eigenvalue weighted by molar-refractivity contribution is -0.142. The molecule has 1 aromatic carbocycles. The number of terminal acetylenes is 1. The Kier molecular flexibility index (Phi) is 6.35. The second kappa shape index (κ2) is 7.28. The SMILES string of the molecule is C#Cc1cccc(Cl)c1COC(C)=O.N#N. The van der Waals surface area contributed by atoms with Gasteiger partial charge in [0.05, 0.1) is 0 Å². The normalized spacial score (nSPS) is 8.19. The van der Waals surface area contributed by atoms with Gasteiger partial charge >= 0.3 is 5.97 Å². The molecule has 0 bridgehead atoms. The Bertz CT molecular complexity index is 435. The second-order valence-corrected chi connectivity index (χ2v) is 3.10. The highest BCUT2D eigenvalue weighted by Crippen LogP contribution is 2.20. The molecule has 0 aromatic heterocycles. The molecule has 0 saturated heterocycles. The van der Waals surface area contributed by atoms with Gasteiger partial charge in [-0.25, -0.2) is 0 Å². The molecule has 0 aliphatic rings. The molecular weight excluding hydrogens is 228 g/mol. The standard InChI is InChI=1S/C11H9ClO2.N2/c1-3-9-5-4-6-11(12)10(9)7-14-8(2)13;1-2/h1,4-6H,7H2,2H3;. The number of hydrogen-bond donors (Lipinski definition) is 0. The van der Waals surface area contributed by atoms with E-state index in [-0.39, 0.29) is 12.6 Å². The molecule has 5 heteroatoms. The van der Waals surface area contributed by atoms with Crippen LogP contribution in [0.2, 0.25) is 5.02 Å². The van der Waals surface area contributed by atoms with E-state index in [1.165, 1.54) is 6.92 Å². The highest BCUT2D eigenvalue weighted by atomic mass is 35.5. The molecule has 4 nitrogen and oxygen atoms in total. The molecule has 0 unspecified atom stereocenters. The molecule has 0 atom stereocenters. The molecule has 1 rings (SSSR count). The van der Waals surface area contributed by atoms with Crippen molar-refractivity contribution in [3.8, 4) is 12.3 Å². The van der Waals surface area contributed by atoms with Crippen LogP contribution in [-0.4, -0.2) is 5.97 Å². The summed E-state index contributed by atoms with van der Waals surface area (Å²) in [6.07, 6.45) is 5.28. The Morgan fingerprint density at radius 1 is 1.56 bits per heavy atom. The van der Waals surface area contributed by atoms with Crippen LogP contribution in [0, 0.1) is 23.1 Å². The summed E-state index contributed by atoms with van der Waals surface area (Å²) in [7, 11) is 0. The van der Waals surface area contributed by atoms with E-state index >= 15 is 0 Å². The first kappa shape index (κ1) is 14.0. The minimum Gasteiger partial charge on any atom is -0.461 e. The molecule has 0 fully saturated rings. The summed E-state index contributed by atoms with van der Waals surface area (Å²) in [5.41, 5.74) is 1.32. The van der Waals surface area contributed by atoms with Crippen LogP contribution in [0.15, 0.2) is 18.2 Å². The summed E-state index contributed by atoms with van der Waals surface area (Å²) in [4.78, 5) is 10.6. The minimum atomic E-state index is -0.354. The zero-order valence-electron chi connectivity index (χ0n) is 8.61. The number of benzene rings is 1. The first-order chi connectivity index (χ1) is 7.65. The summed E-state index contributed by atoms with van der Waals surface area (Å²) in [6.45, 7) is 1.46. The van der Waals surface area contributed by atoms with Crippen molar-refractivity contribution in [1.29, 1.82) is 10.8 Å². The number of carbonyl (C=O) groups excluding carboxylic acids is 1. The van der Waals surface area contributed by atoms with Crippen LogP contribution in [0.3, 0.4) is 0 Å². The lowest BCUT2D eigenvalue weighted by Crippen LogP contribution is -2.01. The lowest BCUT2D eigenvalue weighted by Gasteiger charge is -2.06. The Balaban J connectivity index is 0.00000106. The average molecular weight is 237 g/mol. The first-order valence-corrected chi connectivity index (χ1v) is 4.60. The lowest BCUT2D eigenvalue weighted by atomic mass is 10.1. The van der Waals surface area contributed by atoms with Crippen molar-refractivity contribution >= 4 is 17.6 Å². The molecule has 0 radical (unpaired) electrons. The number of rotatable bonds is 2. The molecule has 0 N–H and O–H groups in total. The van der Waals surface area contributed by atoms with Gasteiger partial charge in [0.1, 0.15) is 6.61 Å². The maximum absolute atomic E-state index is 10.6. The van der Waals surface area contributed by atoms with E-state index in [1.807, 2.05) is 0 Å². The Morgan fingerprint density at radius 3 is 2.69 bits per heavy atom. The third kappa shape index (κ3) is 4.00. The highest BCUT2D eigenvalue weighted by Gasteiger charge is 2.06. The summed E-state index contributed by atoms with van der Waals surface area (Å²) >= 11 is 5.90. The highest BCUT2D eigenvalue weighted by molar-refractivity contribution is 6.31. The predicted octanol–water partition coefficient (Wildman–Crippen LogP) is 2.41. The van der Waals surface area contributed by atoms with Crippen LogP contribution in [0.5, 0.6) is 0 Å². The fraction of sp³-hybridized carbons (Fsp3) is 0.182. The molecule has 16 heavy (non-hydrogen) atoms. The average Bonchev–Trinajstić information content (AvgIpc) is 2.29. The van der Waals surface area contributed by atoms with Gasteiger partial charge in [0, 0.05) is 33.9 Å². The first-order valence-electron chi connectivity index (χ1n) is 4.22. The van der Waals surface area contributed by atoms with Gasteiger partial charge in [-0.05, 0) is 12.1 Å². The predicted molar refractivity (Wildman–Crippen MR) is 58.3 cm³/mol. The smallest absolute Gasteiger partial charge is 0.302 e. The van der Waals surface area contributed by atoms with Gasteiger partial charge in [0.15, 0.2) is 0 Å². The molecule has 0 heterocycles. The van der Waals surface area contributed by atoms with E-state index in [4.69, 9.17) is 33.5 Å². The van der Waals surface area contributed by atoms with Crippen LogP contribution in [0.4, 0.5) is 0 Å². The fourth-order valence-corrected chi connectivity index (χ4v) is 1.24. The van der Waals surface area contributed by atoms with E-state index in [0.29, 0.717) is 16.1 Å². The number of esters is 1. The van der Waals surface area contributed by atoms with Crippen LogP contribution in [-0.2, 0) is 16.1 Å². The van der Waals surface area contributed by atoms with Crippen molar-refractivity contribution in [1.82, 2.24) is 0 Å². The van der Waals surface area contributed by atoms with Gasteiger partial charge < -0.3 is 4.74 Å². The molecule has 0 aliphatic heterocycles. The van der Waals surface area contributed by atoms with Crippen molar-refractivity contribution in [2.24, 2.45) is 0 Å². The minimum absolute atomic E-state index is 0.120. The van der Waals surface area contributed by atoms with Crippen LogP contribution < -0.4 is 0 Å². The number of carbonyl (C=O) groups is 1. The van der Waals surface area contributed by atoms with Crippen LogP contribution >= 0.6 is 11.6 Å². The van der Waals surface area contributed by atoms with Crippen molar-refractivity contribution in [3.63, 3.8) is 0 Å². The van der Waals surface area contributed by atoms with Gasteiger partial charge in [-0.15, -0.1) is 6.42 Å². The molecule has 0 aliphatic carbocycles. The summed E-state index contributed by atoms with van der Waals surface area (Å²) < 4.78 is 4.83. The fourth-order valence-electron chi connectivity index (χ4n) is 1.01. The number of halogens is 1. The van der Waals surface area contributed by atoms with Crippen LogP contribution in [0.25, 0.3) is 0 Å². The van der Waals surface area contributed by atoms with Crippen molar-refractivity contribution < 1.29 is 9.53 Å². The monoisotopic (exact) mass is 236 g/mol. The van der Waals surface area contributed by atoms with E-state index in [2.05, 4.69) is 5.92 Å². The largest absolute Gasteiger partial charge is 0.461 e. The van der Waals surface area contributed by atoms with Gasteiger partial charge in [-0.1, -0.05) is 23.6 Å². The molecule has 82 valence electrons. The third-order valence-corrected chi connectivity index (χ3v) is 2.05. The second-order valence-electron chi connectivity index (χ2n) is 2.69. The van der Waals surface area contributed by atoms with Gasteiger partial charge in [-0.3, -0.25) is 4.79 Å². The number of nitrogens with zero attached hydrogens (tertiary/aromatic N) is 2. The Labute approximate surface area is 98.6 Å². The molecule has 0 amide bonds. The summed E-state index contributed by atoms with van der Waals surface area (Å²) in [5.74, 6) is 2.13. The third-order valence-electron chi connectivity index (χ3n) is 1.69. The maximum atomic E-state index is 10.6. The van der Waals surface area contributed by atoms with Gasteiger partial charge in [0.2, 0.25) is 0 Å². The van der Waals surface area contributed by atoms with Crippen molar-refractivity contribution in [3.05, 3.63) is 34.3 Å². The molecule has 0 saturated carbocycles. The van der Waals surface area contributed by atoms with E-state index in [9.17, 15) is 4.79 Å². The number of ether oxygens (including phenoxy) is 1. The Hall–Kier alpha value is -2.04. The van der Waals surface area contributed by atoms with E-state index in [1.54, 1.807) is 18.2 Å². The van der Waals surface area contributed by atoms with Crippen molar-refractivity contribution in [2.75, 3.05) is 0 Å². The quantitative estimate of drug-likeness (QED) is 0.449. The van der Waals surface area contributed by atoms with Gasteiger partial charge in [-0.2, -0.15) is 0 Å². The molecular formula is C11H9ClN2O2. The number of hydrogen-bond acceptors (Lipinski definition) is 4. The van der Waals surface area contributed by atoms with Crippen LogP contribution in [0.1, 0.15) is 18.1 Å². The van der Waals surface area contributed by atoms with E-state index < -0.39 is 0 Å². The maximum Gasteiger partial charge on any atom is 0.302 e. The molecule has 0 spiro atoms. The summed E-state index contributed by atoms with van der Waals surface area (Å²) in [5, 5.41) is 12.5. The Morgan fingerprint density at radius 2 is 2.19 bits per heavy atom. The van der Waals surface area contributed by atoms with Crippen molar-refractivity contribution in [2.45, 2.75) is 13.5 Å².